The topological polar surface area (TPSA) is 142 Å². The molecule has 1 heterocycles. The lowest BCUT2D eigenvalue weighted by molar-refractivity contribution is -0.385. The summed E-state index contributed by atoms with van der Waals surface area (Å²) in [4.78, 5) is 10.3. The van der Waals surface area contributed by atoms with E-state index in [1.165, 1.54) is 29.3 Å². The summed E-state index contributed by atoms with van der Waals surface area (Å²) in [5.41, 5.74) is 5.39. The number of nitrogens with two attached hydrogens (primary N) is 1. The molecule has 39 heavy (non-hydrogen) atoms. The third-order valence-corrected chi connectivity index (χ3v) is 5.96. The molecule has 0 bridgehead atoms. The number of nitro benzene ring substituents is 1. The SMILES string of the molecule is N#C/C(=C/c1ccc(Oc2ccc(C(F)(F)F)cc2[N+](=O)[O-])c(Cl)c1)C1=NN(c2ccccc2)[C@H](N)[C@H]1C#N. The predicted molar refractivity (Wildman–Crippen MR) is 137 cm³/mol. The molecule has 0 amide bonds. The highest BCUT2D eigenvalue weighted by Crippen LogP contribution is 2.39. The average molecular weight is 553 g/mol. The van der Waals surface area contributed by atoms with Gasteiger partial charge < -0.3 is 10.5 Å². The number of hydrogen-bond acceptors (Lipinski definition) is 8. The Morgan fingerprint density at radius 2 is 1.82 bits per heavy atom. The zero-order chi connectivity index (χ0) is 28.3. The molecule has 0 fully saturated rings. The van der Waals surface area contributed by atoms with Gasteiger partial charge in [-0.25, -0.2) is 5.01 Å². The number of hydrazone groups is 1. The first-order chi connectivity index (χ1) is 18.5. The van der Waals surface area contributed by atoms with Crippen molar-refractivity contribution in [2.45, 2.75) is 12.3 Å². The summed E-state index contributed by atoms with van der Waals surface area (Å²) in [5, 5.41) is 36.7. The van der Waals surface area contributed by atoms with Gasteiger partial charge in [0, 0.05) is 6.07 Å². The number of ether oxygens (including phenoxy) is 1. The molecule has 0 spiro atoms. The Balaban J connectivity index is 1.64. The van der Waals surface area contributed by atoms with Crippen LogP contribution in [0.2, 0.25) is 5.02 Å². The number of rotatable bonds is 6. The molecule has 13 heteroatoms. The highest BCUT2D eigenvalue weighted by molar-refractivity contribution is 6.32. The Morgan fingerprint density at radius 1 is 1.13 bits per heavy atom. The summed E-state index contributed by atoms with van der Waals surface area (Å²) >= 11 is 6.29. The van der Waals surface area contributed by atoms with Crippen LogP contribution in [-0.2, 0) is 6.18 Å². The van der Waals surface area contributed by atoms with Gasteiger partial charge in [-0.15, -0.1) is 0 Å². The zero-order valence-electron chi connectivity index (χ0n) is 19.6. The molecular formula is C26H16ClF3N6O3. The van der Waals surface area contributed by atoms with Gasteiger partial charge in [0.15, 0.2) is 0 Å². The first kappa shape index (κ1) is 27.1. The Hall–Kier alpha value is -4.91. The van der Waals surface area contributed by atoms with Gasteiger partial charge in [-0.2, -0.15) is 28.8 Å². The van der Waals surface area contributed by atoms with E-state index in [4.69, 9.17) is 22.1 Å². The van der Waals surface area contributed by atoms with Crippen molar-refractivity contribution >= 4 is 34.8 Å². The van der Waals surface area contributed by atoms with E-state index < -0.39 is 40.2 Å². The molecule has 3 aromatic carbocycles. The number of nitrogens with zero attached hydrogens (tertiary/aromatic N) is 5. The lowest BCUT2D eigenvalue weighted by Gasteiger charge is -2.21. The number of halogens is 4. The quantitative estimate of drug-likeness (QED) is 0.216. The van der Waals surface area contributed by atoms with E-state index in [9.17, 15) is 33.8 Å². The van der Waals surface area contributed by atoms with E-state index in [-0.39, 0.29) is 22.1 Å². The highest BCUT2D eigenvalue weighted by Gasteiger charge is 2.38. The van der Waals surface area contributed by atoms with Gasteiger partial charge in [-0.05, 0) is 48.0 Å². The van der Waals surface area contributed by atoms with Crippen molar-refractivity contribution in [3.63, 3.8) is 0 Å². The third kappa shape index (κ3) is 5.67. The van der Waals surface area contributed by atoms with Gasteiger partial charge >= 0.3 is 11.9 Å². The average Bonchev–Trinajstić information content (AvgIpc) is 3.24. The Labute approximate surface area is 224 Å². The van der Waals surface area contributed by atoms with Crippen molar-refractivity contribution in [3.8, 4) is 23.6 Å². The first-order valence-electron chi connectivity index (χ1n) is 11.1. The van der Waals surface area contributed by atoms with E-state index in [0.717, 1.165) is 6.07 Å². The maximum absolute atomic E-state index is 13.0. The first-order valence-corrected chi connectivity index (χ1v) is 11.4. The maximum atomic E-state index is 13.0. The molecule has 0 aromatic heterocycles. The molecule has 0 aliphatic carbocycles. The molecule has 1 aliphatic rings. The van der Waals surface area contributed by atoms with Gasteiger partial charge in [0.1, 0.15) is 23.9 Å². The summed E-state index contributed by atoms with van der Waals surface area (Å²) in [7, 11) is 0. The van der Waals surface area contributed by atoms with Crippen LogP contribution < -0.4 is 15.5 Å². The Kier molecular flexibility index (Phi) is 7.54. The summed E-state index contributed by atoms with van der Waals surface area (Å²) in [6, 6.07) is 19.0. The van der Waals surface area contributed by atoms with Crippen LogP contribution >= 0.6 is 11.6 Å². The van der Waals surface area contributed by atoms with Gasteiger partial charge in [0.05, 0.1) is 38.6 Å². The maximum Gasteiger partial charge on any atom is 0.416 e. The van der Waals surface area contributed by atoms with Gasteiger partial charge in [0.25, 0.3) is 0 Å². The smallest absolute Gasteiger partial charge is 0.416 e. The Bertz CT molecular complexity index is 1580. The van der Waals surface area contributed by atoms with Crippen LogP contribution in [0.5, 0.6) is 11.5 Å². The van der Waals surface area contributed by atoms with Gasteiger partial charge in [-0.3, -0.25) is 10.1 Å². The monoisotopic (exact) mass is 552 g/mol. The summed E-state index contributed by atoms with van der Waals surface area (Å²) < 4.78 is 44.4. The molecule has 1 aliphatic heterocycles. The molecule has 3 aromatic rings. The van der Waals surface area contributed by atoms with Crippen LogP contribution in [0.3, 0.4) is 0 Å². The second kappa shape index (κ2) is 10.8. The van der Waals surface area contributed by atoms with Crippen LogP contribution in [0.15, 0.2) is 77.4 Å². The highest BCUT2D eigenvalue weighted by atomic mass is 35.5. The number of allylic oxidation sites excluding steroid dienone is 1. The number of anilines is 1. The van der Waals surface area contributed by atoms with Crippen molar-refractivity contribution in [2.75, 3.05) is 5.01 Å². The molecular weight excluding hydrogens is 537 g/mol. The number of benzene rings is 3. The number of nitro groups is 1. The lowest BCUT2D eigenvalue weighted by atomic mass is 9.95. The normalized spacial score (nSPS) is 17.3. The van der Waals surface area contributed by atoms with Crippen LogP contribution in [0.1, 0.15) is 11.1 Å². The van der Waals surface area contributed by atoms with Crippen LogP contribution in [-0.4, -0.2) is 16.8 Å². The minimum absolute atomic E-state index is 0.0388. The fourth-order valence-corrected chi connectivity index (χ4v) is 4.01. The molecule has 4 rings (SSSR count). The number of nitriles is 2. The minimum atomic E-state index is -4.77. The van der Waals surface area contributed by atoms with Crippen molar-refractivity contribution in [1.29, 1.82) is 10.5 Å². The van der Waals surface area contributed by atoms with Crippen molar-refractivity contribution in [3.05, 3.63) is 98.6 Å². The minimum Gasteiger partial charge on any atom is -0.449 e. The summed E-state index contributed by atoms with van der Waals surface area (Å²) in [5.74, 6) is -1.42. The second-order valence-electron chi connectivity index (χ2n) is 8.16. The predicted octanol–water partition coefficient (Wildman–Crippen LogP) is 6.27. The molecule has 196 valence electrons. The fourth-order valence-electron chi connectivity index (χ4n) is 3.78. The van der Waals surface area contributed by atoms with E-state index in [0.29, 0.717) is 23.4 Å². The summed E-state index contributed by atoms with van der Waals surface area (Å²) in [6.07, 6.45) is -4.17. The van der Waals surface area contributed by atoms with E-state index >= 15 is 0 Å². The van der Waals surface area contributed by atoms with Crippen molar-refractivity contribution in [1.82, 2.24) is 0 Å². The molecule has 9 nitrogen and oxygen atoms in total. The van der Waals surface area contributed by atoms with Crippen LogP contribution in [0.25, 0.3) is 6.08 Å². The number of alkyl halides is 3. The molecule has 2 atom stereocenters. The molecule has 2 N–H and O–H groups in total. The Morgan fingerprint density at radius 3 is 2.41 bits per heavy atom. The van der Waals surface area contributed by atoms with E-state index in [1.807, 2.05) is 12.1 Å². The lowest BCUT2D eigenvalue weighted by Crippen LogP contribution is -2.40. The van der Waals surface area contributed by atoms with Gasteiger partial charge in [0.2, 0.25) is 5.75 Å². The standard InChI is InChI=1S/C26H16ClF3N6O3/c27-20-11-15(6-8-22(20)39-23-9-7-17(26(28,29)30)12-21(23)36(37)38)10-16(13-31)24-19(14-32)25(33)35(34-24)18-4-2-1-3-5-18/h1-12,19,25H,33H2/b16-10-/t19-,25-/m0/s1. The number of hydrogen-bond donors (Lipinski definition) is 1. The molecule has 0 unspecified atom stereocenters. The van der Waals surface area contributed by atoms with Crippen molar-refractivity contribution < 1.29 is 22.8 Å². The fraction of sp³-hybridized carbons (Fsp3) is 0.115. The molecule has 0 radical (unpaired) electrons. The molecule has 0 saturated heterocycles. The van der Waals surface area contributed by atoms with Crippen LogP contribution in [0, 0.1) is 38.7 Å². The van der Waals surface area contributed by atoms with Crippen molar-refractivity contribution in [2.24, 2.45) is 16.8 Å². The van der Waals surface area contributed by atoms with Crippen LogP contribution in [0.4, 0.5) is 24.5 Å². The summed E-state index contributed by atoms with van der Waals surface area (Å²) in [6.45, 7) is 0. The number of para-hydroxylation sites is 1. The van der Waals surface area contributed by atoms with E-state index in [1.54, 1.807) is 24.3 Å². The second-order valence-corrected chi connectivity index (χ2v) is 8.57. The van der Waals surface area contributed by atoms with Gasteiger partial charge in [-0.1, -0.05) is 35.9 Å². The largest absolute Gasteiger partial charge is 0.449 e. The van der Waals surface area contributed by atoms with E-state index in [2.05, 4.69) is 11.2 Å². The third-order valence-electron chi connectivity index (χ3n) is 5.66. The molecule has 0 saturated carbocycles. The zero-order valence-corrected chi connectivity index (χ0v) is 20.4.